The lowest BCUT2D eigenvalue weighted by molar-refractivity contribution is 0.102. The Balaban J connectivity index is 1.49. The predicted molar refractivity (Wildman–Crippen MR) is 115 cm³/mol. The molecule has 3 heterocycles. The molecular weight excluding hydrogens is 388 g/mol. The number of carbonyl (C=O) groups is 1. The van der Waals surface area contributed by atoms with Crippen molar-refractivity contribution in [1.82, 2.24) is 19.7 Å². The molecular formula is C20H24N6O2S. The molecule has 0 atom stereocenters. The maximum absolute atomic E-state index is 12.8. The van der Waals surface area contributed by atoms with Crippen LogP contribution in [0.4, 0.5) is 10.8 Å². The van der Waals surface area contributed by atoms with Gasteiger partial charge in [0.15, 0.2) is 0 Å². The number of amides is 1. The van der Waals surface area contributed by atoms with Crippen LogP contribution in [0.15, 0.2) is 42.6 Å². The van der Waals surface area contributed by atoms with E-state index < -0.39 is 0 Å². The van der Waals surface area contributed by atoms with Gasteiger partial charge < -0.3 is 19.9 Å². The van der Waals surface area contributed by atoms with Crippen LogP contribution < -0.4 is 15.0 Å². The molecule has 4 rings (SSSR count). The number of rotatable bonds is 6. The number of benzene rings is 1. The number of nitrogens with one attached hydrogen (secondary N) is 1. The highest BCUT2D eigenvalue weighted by molar-refractivity contribution is 7.17. The molecule has 0 spiro atoms. The third-order valence-corrected chi connectivity index (χ3v) is 5.99. The number of hydrogen-bond acceptors (Lipinski definition) is 7. The van der Waals surface area contributed by atoms with Gasteiger partial charge in [0.2, 0.25) is 10.3 Å². The lowest BCUT2D eigenvalue weighted by atomic mass is 10.3. The van der Waals surface area contributed by atoms with Crippen LogP contribution in [0.1, 0.15) is 17.4 Å². The molecule has 1 N–H and O–H groups in total. The molecule has 3 aromatic rings. The molecule has 0 saturated carbocycles. The van der Waals surface area contributed by atoms with Gasteiger partial charge >= 0.3 is 0 Å². The fraction of sp³-hybridized carbons (Fsp3) is 0.350. The summed E-state index contributed by atoms with van der Waals surface area (Å²) in [6.45, 7) is 7.20. The van der Waals surface area contributed by atoms with Crippen molar-refractivity contribution >= 4 is 28.1 Å². The summed E-state index contributed by atoms with van der Waals surface area (Å²) in [7, 11) is 1.60. The predicted octanol–water partition coefficient (Wildman–Crippen LogP) is 2.73. The summed E-state index contributed by atoms with van der Waals surface area (Å²) in [5.74, 6) is 0.478. The molecule has 1 aliphatic rings. The monoisotopic (exact) mass is 412 g/mol. The smallest absolute Gasteiger partial charge is 0.272 e. The topological polar surface area (TPSA) is 75.5 Å². The Morgan fingerprint density at radius 1 is 1.14 bits per heavy atom. The first-order valence-corrected chi connectivity index (χ1v) is 10.4. The summed E-state index contributed by atoms with van der Waals surface area (Å²) in [4.78, 5) is 17.5. The number of carbonyl (C=O) groups excluding carboxylic acids is 1. The molecule has 8 nitrogen and oxygen atoms in total. The van der Waals surface area contributed by atoms with E-state index >= 15 is 0 Å². The summed E-state index contributed by atoms with van der Waals surface area (Å²) < 4.78 is 6.99. The van der Waals surface area contributed by atoms with Crippen LogP contribution in [0.25, 0.3) is 5.13 Å². The second-order valence-corrected chi connectivity index (χ2v) is 7.67. The maximum Gasteiger partial charge on any atom is 0.272 e. The first-order chi connectivity index (χ1) is 14.2. The van der Waals surface area contributed by atoms with E-state index in [-0.39, 0.29) is 5.91 Å². The Morgan fingerprint density at radius 3 is 2.69 bits per heavy atom. The molecule has 1 fully saturated rings. The summed E-state index contributed by atoms with van der Waals surface area (Å²) >= 11 is 1.50. The SMILES string of the molecule is CCN1CCN(c2nnc(-n3cccc3C(=O)Nc3cccc(OC)c3)s2)CC1. The van der Waals surface area contributed by atoms with Crippen LogP contribution in [0, 0.1) is 0 Å². The summed E-state index contributed by atoms with van der Waals surface area (Å²) in [6, 6.07) is 10.9. The van der Waals surface area contributed by atoms with Gasteiger partial charge in [-0.15, -0.1) is 10.2 Å². The number of hydrogen-bond donors (Lipinski definition) is 1. The van der Waals surface area contributed by atoms with E-state index in [4.69, 9.17) is 4.74 Å². The van der Waals surface area contributed by atoms with E-state index in [1.54, 1.807) is 23.8 Å². The zero-order valence-electron chi connectivity index (χ0n) is 16.5. The Kier molecular flexibility index (Phi) is 5.77. The third kappa shape index (κ3) is 4.25. The lowest BCUT2D eigenvalue weighted by Crippen LogP contribution is -2.46. The van der Waals surface area contributed by atoms with Crippen LogP contribution in [-0.2, 0) is 0 Å². The van der Waals surface area contributed by atoms with E-state index in [1.165, 1.54) is 11.3 Å². The van der Waals surface area contributed by atoms with Gasteiger partial charge in [-0.25, -0.2) is 0 Å². The highest BCUT2D eigenvalue weighted by Gasteiger charge is 2.21. The van der Waals surface area contributed by atoms with E-state index in [2.05, 4.69) is 32.2 Å². The average Bonchev–Trinajstić information content (AvgIpc) is 3.43. The zero-order valence-corrected chi connectivity index (χ0v) is 17.4. The highest BCUT2D eigenvalue weighted by atomic mass is 32.1. The fourth-order valence-electron chi connectivity index (χ4n) is 3.32. The standard InChI is InChI=1S/C20H24N6O2S/c1-3-24-10-12-25(13-11-24)19-22-23-20(29-19)26-9-5-8-17(26)18(27)21-15-6-4-7-16(14-15)28-2/h4-9,14H,3,10-13H2,1-2H3,(H,21,27). The molecule has 0 bridgehead atoms. The van der Waals surface area contributed by atoms with Crippen LogP contribution in [0.5, 0.6) is 5.75 Å². The molecule has 9 heteroatoms. The van der Waals surface area contributed by atoms with Crippen LogP contribution >= 0.6 is 11.3 Å². The van der Waals surface area contributed by atoms with E-state index in [9.17, 15) is 4.79 Å². The third-order valence-electron chi connectivity index (χ3n) is 5.01. The van der Waals surface area contributed by atoms with Gasteiger partial charge in [-0.1, -0.05) is 24.3 Å². The normalized spacial score (nSPS) is 14.8. The Morgan fingerprint density at radius 2 is 1.93 bits per heavy atom. The van der Waals surface area contributed by atoms with Crippen molar-refractivity contribution in [2.45, 2.75) is 6.92 Å². The van der Waals surface area contributed by atoms with Gasteiger partial charge in [-0.3, -0.25) is 9.36 Å². The van der Waals surface area contributed by atoms with Gasteiger partial charge in [0.25, 0.3) is 5.91 Å². The van der Waals surface area contributed by atoms with Crippen molar-refractivity contribution in [1.29, 1.82) is 0 Å². The van der Waals surface area contributed by atoms with Gasteiger partial charge in [0.05, 0.1) is 7.11 Å². The number of anilines is 2. The zero-order chi connectivity index (χ0) is 20.2. The van der Waals surface area contributed by atoms with Crippen molar-refractivity contribution in [3.8, 4) is 10.9 Å². The van der Waals surface area contributed by atoms with E-state index in [0.29, 0.717) is 22.3 Å². The number of nitrogens with zero attached hydrogens (tertiary/aromatic N) is 5. The maximum atomic E-state index is 12.8. The van der Waals surface area contributed by atoms with Crippen molar-refractivity contribution in [2.75, 3.05) is 50.1 Å². The molecule has 1 amide bonds. The molecule has 152 valence electrons. The highest BCUT2D eigenvalue weighted by Crippen LogP contribution is 2.26. The first-order valence-electron chi connectivity index (χ1n) is 9.62. The van der Waals surface area contributed by atoms with Crippen LogP contribution in [0.3, 0.4) is 0 Å². The van der Waals surface area contributed by atoms with Crippen LogP contribution in [0.2, 0.25) is 0 Å². The minimum absolute atomic E-state index is 0.212. The van der Waals surface area contributed by atoms with Gasteiger partial charge in [0.1, 0.15) is 11.4 Å². The number of piperazine rings is 1. The lowest BCUT2D eigenvalue weighted by Gasteiger charge is -2.33. The molecule has 0 unspecified atom stereocenters. The molecule has 29 heavy (non-hydrogen) atoms. The summed E-state index contributed by atoms with van der Waals surface area (Å²) in [6.07, 6.45) is 1.83. The van der Waals surface area contributed by atoms with E-state index in [0.717, 1.165) is 37.9 Å². The first kappa shape index (κ1) is 19.4. The van der Waals surface area contributed by atoms with Crippen molar-refractivity contribution in [2.24, 2.45) is 0 Å². The van der Waals surface area contributed by atoms with Gasteiger partial charge in [0, 0.05) is 44.1 Å². The Hall–Kier alpha value is -2.91. The number of likely N-dealkylation sites (N-methyl/N-ethyl adjacent to an activating group) is 1. The Bertz CT molecular complexity index is 977. The summed E-state index contributed by atoms with van der Waals surface area (Å²) in [5.41, 5.74) is 1.18. The minimum atomic E-state index is -0.212. The van der Waals surface area contributed by atoms with Gasteiger partial charge in [-0.2, -0.15) is 0 Å². The van der Waals surface area contributed by atoms with Crippen LogP contribution in [-0.4, -0.2) is 65.4 Å². The molecule has 0 radical (unpaired) electrons. The molecule has 1 aromatic carbocycles. The van der Waals surface area contributed by atoms with Crippen molar-refractivity contribution in [3.05, 3.63) is 48.3 Å². The van der Waals surface area contributed by atoms with Gasteiger partial charge in [-0.05, 0) is 30.8 Å². The molecule has 0 aliphatic carbocycles. The minimum Gasteiger partial charge on any atom is -0.497 e. The number of methoxy groups -OCH3 is 1. The quantitative estimate of drug-likeness (QED) is 0.671. The molecule has 1 aliphatic heterocycles. The van der Waals surface area contributed by atoms with Crippen molar-refractivity contribution in [3.63, 3.8) is 0 Å². The van der Waals surface area contributed by atoms with E-state index in [1.807, 2.05) is 30.5 Å². The molecule has 1 saturated heterocycles. The number of ether oxygens (including phenoxy) is 1. The molecule has 2 aromatic heterocycles. The number of aromatic nitrogens is 3. The second kappa shape index (κ2) is 8.62. The largest absolute Gasteiger partial charge is 0.497 e. The Labute approximate surface area is 173 Å². The second-order valence-electron chi connectivity index (χ2n) is 6.74. The fourth-order valence-corrected chi connectivity index (χ4v) is 4.21. The summed E-state index contributed by atoms with van der Waals surface area (Å²) in [5, 5.41) is 13.2. The van der Waals surface area contributed by atoms with Crippen molar-refractivity contribution < 1.29 is 9.53 Å². The average molecular weight is 413 g/mol.